The molecule has 188 valence electrons. The molecule has 1 fully saturated rings. The summed E-state index contributed by atoms with van der Waals surface area (Å²) >= 11 is 0. The van der Waals surface area contributed by atoms with Gasteiger partial charge in [-0.1, -0.05) is 6.42 Å². The maximum absolute atomic E-state index is 12.9. The summed E-state index contributed by atoms with van der Waals surface area (Å²) in [5.41, 5.74) is 5.54. The zero-order valence-corrected chi connectivity index (χ0v) is 18.8. The highest BCUT2D eigenvalue weighted by Gasteiger charge is 2.33. The molecule has 1 aliphatic heterocycles. The lowest BCUT2D eigenvalue weighted by Crippen LogP contribution is -2.57. The number of aliphatic hydroxyl groups is 1. The third kappa shape index (κ3) is 10.1. The molecule has 1 heterocycles. The van der Waals surface area contributed by atoms with Crippen LogP contribution in [-0.2, 0) is 24.0 Å². The average Bonchev–Trinajstić information content (AvgIpc) is 3.19. The monoisotopic (exact) mass is 473 g/mol. The molecule has 1 rings (SSSR count). The van der Waals surface area contributed by atoms with Gasteiger partial charge in [0.05, 0.1) is 13.0 Å². The van der Waals surface area contributed by atoms with E-state index in [-0.39, 0.29) is 6.54 Å². The van der Waals surface area contributed by atoms with Crippen molar-refractivity contribution in [2.75, 3.05) is 26.2 Å². The summed E-state index contributed by atoms with van der Waals surface area (Å²) in [6.45, 7) is 1.67. The number of nitrogens with zero attached hydrogens (tertiary/aromatic N) is 1. The van der Waals surface area contributed by atoms with Gasteiger partial charge in [-0.2, -0.15) is 0 Å². The van der Waals surface area contributed by atoms with Crippen molar-refractivity contribution in [1.29, 1.82) is 0 Å². The van der Waals surface area contributed by atoms with E-state index in [1.807, 2.05) is 0 Å². The normalized spacial score (nSPS) is 18.7. The van der Waals surface area contributed by atoms with Crippen molar-refractivity contribution in [3.8, 4) is 0 Å². The molecule has 0 spiro atoms. The molecular formula is C20H35N5O8. The lowest BCUT2D eigenvalue weighted by molar-refractivity contribution is -0.143. The molecule has 0 aromatic heterocycles. The van der Waals surface area contributed by atoms with Crippen LogP contribution in [-0.4, -0.2) is 100 Å². The minimum Gasteiger partial charge on any atom is -0.481 e. The second-order valence-corrected chi connectivity index (χ2v) is 8.08. The number of carboxylic acids is 2. The highest BCUT2D eigenvalue weighted by atomic mass is 16.4. The summed E-state index contributed by atoms with van der Waals surface area (Å²) in [5.74, 6) is -4.51. The Balaban J connectivity index is 2.91. The van der Waals surface area contributed by atoms with E-state index in [0.29, 0.717) is 45.2 Å². The zero-order valence-electron chi connectivity index (χ0n) is 18.8. The van der Waals surface area contributed by atoms with Gasteiger partial charge >= 0.3 is 11.9 Å². The molecule has 0 saturated carbocycles. The SMILES string of the molecule is CC(=O)NC(CO)C(=O)NC(CC(=O)O)C(=O)NC(CCCCN)CN1CCCC1C(=O)O. The number of amides is 3. The van der Waals surface area contributed by atoms with Crippen LogP contribution in [0.3, 0.4) is 0 Å². The van der Waals surface area contributed by atoms with Gasteiger partial charge in [0.1, 0.15) is 18.1 Å². The molecule has 0 aromatic rings. The Bertz CT molecular complexity index is 704. The predicted octanol–water partition coefficient (Wildman–Crippen LogP) is -2.39. The molecule has 0 aliphatic carbocycles. The summed E-state index contributed by atoms with van der Waals surface area (Å²) in [4.78, 5) is 60.9. The Morgan fingerprint density at radius 2 is 1.70 bits per heavy atom. The van der Waals surface area contributed by atoms with Crippen LogP contribution in [0.1, 0.15) is 45.4 Å². The highest BCUT2D eigenvalue weighted by molar-refractivity contribution is 5.93. The number of aliphatic hydroxyl groups excluding tert-OH is 1. The Morgan fingerprint density at radius 1 is 1.03 bits per heavy atom. The smallest absolute Gasteiger partial charge is 0.320 e. The van der Waals surface area contributed by atoms with E-state index < -0.39 is 66.9 Å². The maximum atomic E-state index is 12.9. The van der Waals surface area contributed by atoms with Crippen LogP contribution in [0.15, 0.2) is 0 Å². The Kier molecular flexibility index (Phi) is 12.3. The molecule has 0 bridgehead atoms. The number of aliphatic carboxylic acids is 2. The Morgan fingerprint density at radius 3 is 2.24 bits per heavy atom. The summed E-state index contributed by atoms with van der Waals surface area (Å²) in [7, 11) is 0. The van der Waals surface area contributed by atoms with E-state index in [9.17, 15) is 39.3 Å². The molecular weight excluding hydrogens is 438 g/mol. The molecule has 8 N–H and O–H groups in total. The molecule has 0 aromatic carbocycles. The van der Waals surface area contributed by atoms with Crippen molar-refractivity contribution in [2.45, 2.75) is 69.6 Å². The number of carbonyl (C=O) groups excluding carboxylic acids is 3. The van der Waals surface area contributed by atoms with Crippen LogP contribution in [0.4, 0.5) is 0 Å². The molecule has 1 saturated heterocycles. The van der Waals surface area contributed by atoms with Crippen LogP contribution in [0.5, 0.6) is 0 Å². The van der Waals surface area contributed by atoms with Gasteiger partial charge in [0, 0.05) is 19.5 Å². The van der Waals surface area contributed by atoms with E-state index in [1.54, 1.807) is 4.90 Å². The lowest BCUT2D eigenvalue weighted by atomic mass is 10.1. The van der Waals surface area contributed by atoms with Gasteiger partial charge < -0.3 is 37.0 Å². The Labute approximate surface area is 192 Å². The number of hydrogen-bond acceptors (Lipinski definition) is 8. The van der Waals surface area contributed by atoms with Crippen molar-refractivity contribution in [2.24, 2.45) is 5.73 Å². The van der Waals surface area contributed by atoms with Gasteiger partial charge in [0.15, 0.2) is 0 Å². The molecule has 13 nitrogen and oxygen atoms in total. The van der Waals surface area contributed by atoms with E-state index in [0.717, 1.165) is 6.92 Å². The maximum Gasteiger partial charge on any atom is 0.320 e. The fraction of sp³-hybridized carbons (Fsp3) is 0.750. The number of nitrogens with two attached hydrogens (primary N) is 1. The van der Waals surface area contributed by atoms with Gasteiger partial charge in [-0.3, -0.25) is 28.9 Å². The predicted molar refractivity (Wildman–Crippen MR) is 116 cm³/mol. The molecule has 3 amide bonds. The molecule has 4 unspecified atom stereocenters. The Hall–Kier alpha value is -2.77. The number of nitrogens with one attached hydrogen (secondary N) is 3. The molecule has 1 aliphatic rings. The average molecular weight is 474 g/mol. The second-order valence-electron chi connectivity index (χ2n) is 8.08. The van der Waals surface area contributed by atoms with Gasteiger partial charge in [0.25, 0.3) is 0 Å². The van der Waals surface area contributed by atoms with Gasteiger partial charge in [0.2, 0.25) is 17.7 Å². The third-order valence-corrected chi connectivity index (χ3v) is 5.34. The highest BCUT2D eigenvalue weighted by Crippen LogP contribution is 2.18. The summed E-state index contributed by atoms with van der Waals surface area (Å²) < 4.78 is 0. The fourth-order valence-corrected chi connectivity index (χ4v) is 3.75. The van der Waals surface area contributed by atoms with E-state index in [4.69, 9.17) is 5.73 Å². The number of carboxylic acid groups (broad SMARTS) is 2. The summed E-state index contributed by atoms with van der Waals surface area (Å²) in [5, 5.41) is 35.1. The number of unbranched alkanes of at least 4 members (excludes halogenated alkanes) is 1. The van der Waals surface area contributed by atoms with Crippen molar-refractivity contribution in [3.05, 3.63) is 0 Å². The number of rotatable bonds is 15. The van der Waals surface area contributed by atoms with Crippen LogP contribution in [0.25, 0.3) is 0 Å². The van der Waals surface area contributed by atoms with Crippen LogP contribution < -0.4 is 21.7 Å². The van der Waals surface area contributed by atoms with Gasteiger partial charge in [-0.15, -0.1) is 0 Å². The molecule has 13 heteroatoms. The number of carbonyl (C=O) groups is 5. The second kappa shape index (κ2) is 14.4. The molecule has 0 radical (unpaired) electrons. The summed E-state index contributed by atoms with van der Waals surface area (Å²) in [6, 6.07) is -3.94. The minimum atomic E-state index is -1.45. The van der Waals surface area contributed by atoms with Crippen molar-refractivity contribution in [3.63, 3.8) is 0 Å². The molecule has 33 heavy (non-hydrogen) atoms. The summed E-state index contributed by atoms with van der Waals surface area (Å²) in [6.07, 6.45) is 2.35. The van der Waals surface area contributed by atoms with Crippen molar-refractivity contribution >= 4 is 29.7 Å². The first kappa shape index (κ1) is 28.3. The standard InChI is InChI=1S/C20H35N5O8/c1-12(27)22-15(11-26)19(31)24-14(9-17(28)29)18(30)23-13(5-2-3-7-21)10-25-8-4-6-16(25)20(32)33/h13-16,26H,2-11,21H2,1H3,(H,22,27)(H,23,30)(H,24,31)(H,28,29)(H,32,33). The van der Waals surface area contributed by atoms with Crippen LogP contribution in [0.2, 0.25) is 0 Å². The van der Waals surface area contributed by atoms with E-state index in [1.165, 1.54) is 0 Å². The number of likely N-dealkylation sites (tertiary alicyclic amines) is 1. The topological polar surface area (TPSA) is 211 Å². The molecule has 4 atom stereocenters. The van der Waals surface area contributed by atoms with Crippen molar-refractivity contribution in [1.82, 2.24) is 20.9 Å². The van der Waals surface area contributed by atoms with Crippen molar-refractivity contribution < 1.29 is 39.3 Å². The lowest BCUT2D eigenvalue weighted by Gasteiger charge is -2.29. The minimum absolute atomic E-state index is 0.256. The van der Waals surface area contributed by atoms with Crippen LogP contribution in [0, 0.1) is 0 Å². The van der Waals surface area contributed by atoms with E-state index >= 15 is 0 Å². The largest absolute Gasteiger partial charge is 0.481 e. The first-order valence-corrected chi connectivity index (χ1v) is 11.0. The fourth-order valence-electron chi connectivity index (χ4n) is 3.75. The zero-order chi connectivity index (χ0) is 25.0. The quantitative estimate of drug-likeness (QED) is 0.125. The number of hydrogen-bond donors (Lipinski definition) is 7. The first-order chi connectivity index (χ1) is 15.6. The van der Waals surface area contributed by atoms with Crippen LogP contribution >= 0.6 is 0 Å². The van der Waals surface area contributed by atoms with Gasteiger partial charge in [-0.25, -0.2) is 0 Å². The first-order valence-electron chi connectivity index (χ1n) is 11.0. The third-order valence-electron chi connectivity index (χ3n) is 5.34. The van der Waals surface area contributed by atoms with Gasteiger partial charge in [-0.05, 0) is 38.8 Å². The van der Waals surface area contributed by atoms with E-state index in [2.05, 4.69) is 16.0 Å².